The van der Waals surface area contributed by atoms with Gasteiger partial charge in [-0.1, -0.05) is 11.6 Å². The second kappa shape index (κ2) is 7.19. The quantitative estimate of drug-likeness (QED) is 0.803. The molecular formula is C15H14ClF2N3O3S. The Morgan fingerprint density at radius 1 is 1.24 bits per heavy atom. The van der Waals surface area contributed by atoms with Crippen molar-refractivity contribution in [1.82, 2.24) is 14.3 Å². The Balaban J connectivity index is 1.78. The molecule has 1 unspecified atom stereocenters. The number of nitrogens with zero attached hydrogens (tertiary/aromatic N) is 3. The van der Waals surface area contributed by atoms with Gasteiger partial charge in [0, 0.05) is 6.54 Å². The highest BCUT2D eigenvalue weighted by molar-refractivity contribution is 7.89. The molecule has 25 heavy (non-hydrogen) atoms. The second-order valence-electron chi connectivity index (χ2n) is 5.50. The zero-order chi connectivity index (χ0) is 18.0. The number of ether oxygens (including phenoxy) is 1. The SMILES string of the molecule is O=S(=O)(c1cc(F)ccc1F)N1CCCC(Oc2ncc(Cl)cn2)C1. The maximum atomic E-state index is 13.9. The van der Waals surface area contributed by atoms with Crippen molar-refractivity contribution >= 4 is 21.6 Å². The van der Waals surface area contributed by atoms with E-state index in [0.717, 1.165) is 16.4 Å². The summed E-state index contributed by atoms with van der Waals surface area (Å²) in [4.78, 5) is 7.12. The predicted octanol–water partition coefficient (Wildman–Crippen LogP) is 2.64. The van der Waals surface area contributed by atoms with Crippen molar-refractivity contribution in [3.05, 3.63) is 47.2 Å². The minimum Gasteiger partial charge on any atom is -0.459 e. The van der Waals surface area contributed by atoms with Crippen LogP contribution < -0.4 is 4.74 Å². The van der Waals surface area contributed by atoms with E-state index in [2.05, 4.69) is 9.97 Å². The average Bonchev–Trinajstić information content (AvgIpc) is 2.59. The van der Waals surface area contributed by atoms with Gasteiger partial charge in [-0.25, -0.2) is 27.2 Å². The highest BCUT2D eigenvalue weighted by atomic mass is 35.5. The van der Waals surface area contributed by atoms with E-state index in [1.807, 2.05) is 0 Å². The first-order valence-electron chi connectivity index (χ1n) is 7.45. The maximum Gasteiger partial charge on any atom is 0.316 e. The largest absolute Gasteiger partial charge is 0.459 e. The summed E-state index contributed by atoms with van der Waals surface area (Å²) in [6.45, 7) is 0.184. The summed E-state index contributed by atoms with van der Waals surface area (Å²) in [5, 5.41) is 0.349. The lowest BCUT2D eigenvalue weighted by atomic mass is 10.1. The molecule has 2 heterocycles. The molecule has 0 N–H and O–H groups in total. The molecule has 0 radical (unpaired) electrons. The van der Waals surface area contributed by atoms with E-state index in [1.54, 1.807) is 0 Å². The lowest BCUT2D eigenvalue weighted by molar-refractivity contribution is 0.119. The molecule has 0 aliphatic carbocycles. The van der Waals surface area contributed by atoms with Crippen LogP contribution in [0, 0.1) is 11.6 Å². The topological polar surface area (TPSA) is 72.4 Å². The summed E-state index contributed by atoms with van der Waals surface area (Å²) in [6.07, 6.45) is 3.33. The van der Waals surface area contributed by atoms with Crippen molar-refractivity contribution < 1.29 is 21.9 Å². The van der Waals surface area contributed by atoms with E-state index in [4.69, 9.17) is 16.3 Å². The van der Waals surface area contributed by atoms with Gasteiger partial charge in [0.1, 0.15) is 22.6 Å². The molecule has 10 heteroatoms. The molecule has 1 fully saturated rings. The molecule has 0 spiro atoms. The van der Waals surface area contributed by atoms with Gasteiger partial charge in [0.2, 0.25) is 10.0 Å². The second-order valence-corrected chi connectivity index (χ2v) is 7.85. The lowest BCUT2D eigenvalue weighted by Crippen LogP contribution is -2.44. The van der Waals surface area contributed by atoms with Crippen LogP contribution in [0.5, 0.6) is 6.01 Å². The van der Waals surface area contributed by atoms with E-state index < -0.39 is 32.7 Å². The molecule has 1 aromatic heterocycles. The van der Waals surface area contributed by atoms with Gasteiger partial charge in [-0.15, -0.1) is 0 Å². The third-order valence-electron chi connectivity index (χ3n) is 3.72. The molecule has 0 bridgehead atoms. The maximum absolute atomic E-state index is 13.9. The van der Waals surface area contributed by atoms with Crippen LogP contribution in [0.2, 0.25) is 5.02 Å². The van der Waals surface area contributed by atoms with Crippen molar-refractivity contribution in [2.45, 2.75) is 23.8 Å². The minimum absolute atomic E-state index is 0.00965. The van der Waals surface area contributed by atoms with Gasteiger partial charge in [0.25, 0.3) is 0 Å². The van der Waals surface area contributed by atoms with E-state index in [0.29, 0.717) is 23.9 Å². The summed E-state index contributed by atoms with van der Waals surface area (Å²) < 4.78 is 59.1. The Morgan fingerprint density at radius 3 is 2.68 bits per heavy atom. The first kappa shape index (κ1) is 18.0. The molecule has 1 aliphatic rings. The molecule has 2 aromatic rings. The van der Waals surface area contributed by atoms with Crippen molar-refractivity contribution in [3.8, 4) is 6.01 Å². The van der Waals surface area contributed by atoms with Gasteiger partial charge >= 0.3 is 6.01 Å². The lowest BCUT2D eigenvalue weighted by Gasteiger charge is -2.31. The van der Waals surface area contributed by atoms with E-state index >= 15 is 0 Å². The van der Waals surface area contributed by atoms with Crippen LogP contribution >= 0.6 is 11.6 Å². The third-order valence-corrected chi connectivity index (χ3v) is 5.80. The van der Waals surface area contributed by atoms with Crippen molar-refractivity contribution in [2.75, 3.05) is 13.1 Å². The Bertz CT molecular complexity index is 865. The van der Waals surface area contributed by atoms with Crippen LogP contribution in [0.4, 0.5) is 8.78 Å². The predicted molar refractivity (Wildman–Crippen MR) is 85.8 cm³/mol. The Morgan fingerprint density at radius 2 is 1.96 bits per heavy atom. The fourth-order valence-electron chi connectivity index (χ4n) is 2.54. The normalized spacial score (nSPS) is 18.9. The Hall–Kier alpha value is -1.84. The minimum atomic E-state index is -4.17. The summed E-state index contributed by atoms with van der Waals surface area (Å²) in [5.41, 5.74) is 0. The molecule has 1 aliphatic heterocycles. The highest BCUT2D eigenvalue weighted by Gasteiger charge is 2.33. The van der Waals surface area contributed by atoms with E-state index in [9.17, 15) is 17.2 Å². The number of aromatic nitrogens is 2. The number of hydrogen-bond acceptors (Lipinski definition) is 5. The fraction of sp³-hybridized carbons (Fsp3) is 0.333. The van der Waals surface area contributed by atoms with Gasteiger partial charge in [-0.3, -0.25) is 0 Å². The van der Waals surface area contributed by atoms with E-state index in [1.165, 1.54) is 12.4 Å². The molecular weight excluding hydrogens is 376 g/mol. The van der Waals surface area contributed by atoms with Crippen LogP contribution in [0.1, 0.15) is 12.8 Å². The number of hydrogen-bond donors (Lipinski definition) is 0. The molecule has 0 saturated carbocycles. The van der Waals surface area contributed by atoms with Gasteiger partial charge in [0.05, 0.1) is 24.0 Å². The third kappa shape index (κ3) is 4.05. The number of benzene rings is 1. The summed E-state index contributed by atoms with van der Waals surface area (Å²) in [5.74, 6) is -1.81. The van der Waals surface area contributed by atoms with Crippen LogP contribution in [0.15, 0.2) is 35.5 Å². The van der Waals surface area contributed by atoms with Crippen LogP contribution in [-0.2, 0) is 10.0 Å². The molecule has 3 rings (SSSR count). The standard InChI is InChI=1S/C15H14ClF2N3O3S/c16-10-7-19-15(20-8-10)24-12-2-1-5-21(9-12)25(22,23)14-6-11(17)3-4-13(14)18/h3-4,6-8,12H,1-2,5,9H2. The van der Waals surface area contributed by atoms with Crippen molar-refractivity contribution in [1.29, 1.82) is 0 Å². The monoisotopic (exact) mass is 389 g/mol. The van der Waals surface area contributed by atoms with Gasteiger partial charge in [-0.2, -0.15) is 4.31 Å². The Labute approximate surface area is 148 Å². The zero-order valence-electron chi connectivity index (χ0n) is 12.9. The number of sulfonamides is 1. The smallest absolute Gasteiger partial charge is 0.316 e. The summed E-state index contributed by atoms with van der Waals surface area (Å²) in [7, 11) is -4.17. The highest BCUT2D eigenvalue weighted by Crippen LogP contribution is 2.25. The summed E-state index contributed by atoms with van der Waals surface area (Å²) in [6, 6.07) is 2.42. The molecule has 0 amide bonds. The first-order chi connectivity index (χ1) is 11.9. The van der Waals surface area contributed by atoms with Crippen molar-refractivity contribution in [2.24, 2.45) is 0 Å². The first-order valence-corrected chi connectivity index (χ1v) is 9.27. The van der Waals surface area contributed by atoms with Gasteiger partial charge < -0.3 is 4.74 Å². The van der Waals surface area contributed by atoms with Crippen LogP contribution in [-0.4, -0.2) is 41.9 Å². The van der Waals surface area contributed by atoms with E-state index in [-0.39, 0.29) is 19.1 Å². The fourth-order valence-corrected chi connectivity index (χ4v) is 4.23. The van der Waals surface area contributed by atoms with Crippen LogP contribution in [0.3, 0.4) is 0 Å². The molecule has 1 atom stereocenters. The summed E-state index contributed by atoms with van der Waals surface area (Å²) >= 11 is 5.70. The molecule has 6 nitrogen and oxygen atoms in total. The average molecular weight is 390 g/mol. The molecule has 134 valence electrons. The number of piperidine rings is 1. The zero-order valence-corrected chi connectivity index (χ0v) is 14.5. The Kier molecular flexibility index (Phi) is 5.16. The van der Waals surface area contributed by atoms with Crippen LogP contribution in [0.25, 0.3) is 0 Å². The molecule has 1 aromatic carbocycles. The van der Waals surface area contributed by atoms with Crippen molar-refractivity contribution in [3.63, 3.8) is 0 Å². The van der Waals surface area contributed by atoms with Gasteiger partial charge in [-0.05, 0) is 31.0 Å². The number of halogens is 3. The van der Waals surface area contributed by atoms with Gasteiger partial charge in [0.15, 0.2) is 0 Å². The molecule has 1 saturated heterocycles. The number of rotatable bonds is 4.